The van der Waals surface area contributed by atoms with Crippen LogP contribution in [0.1, 0.15) is 0 Å². The lowest BCUT2D eigenvalue weighted by molar-refractivity contribution is -0.120. The molecule has 0 radical (unpaired) electrons. The monoisotopic (exact) mass is 136 g/mol. The quantitative estimate of drug-likeness (QED) is 0.498. The number of hydrogen-bond donors (Lipinski definition) is 1. The third-order valence-corrected chi connectivity index (χ3v) is 1.91. The molecule has 2 rings (SSSR count). The van der Waals surface area contributed by atoms with E-state index in [-0.39, 0.29) is 11.8 Å². The van der Waals surface area contributed by atoms with Crippen LogP contribution in [-0.2, 0) is 4.79 Å². The van der Waals surface area contributed by atoms with E-state index < -0.39 is 0 Å². The molecule has 1 N–H and O–H groups in total. The Morgan fingerprint density at radius 3 is 3.40 bits per heavy atom. The topological polar surface area (TPSA) is 41.5 Å². The first-order valence-corrected chi connectivity index (χ1v) is 3.35. The molecule has 52 valence electrons. The molecule has 1 amide bonds. The lowest BCUT2D eigenvalue weighted by Crippen LogP contribution is -2.18. The second-order valence-electron chi connectivity index (χ2n) is 2.54. The molecule has 0 aliphatic carbocycles. The molecule has 2 aliphatic rings. The van der Waals surface area contributed by atoms with Gasteiger partial charge in [-0.25, -0.2) is 4.99 Å². The molecule has 0 aromatic heterocycles. The summed E-state index contributed by atoms with van der Waals surface area (Å²) < 4.78 is 0. The van der Waals surface area contributed by atoms with Crippen molar-refractivity contribution in [3.05, 3.63) is 11.6 Å². The smallest absolute Gasteiger partial charge is 0.254 e. The number of carbonyl (C=O) groups excluding carboxylic acids is 1. The summed E-state index contributed by atoms with van der Waals surface area (Å²) in [6.45, 7) is 1.62. The second-order valence-corrected chi connectivity index (χ2v) is 2.54. The summed E-state index contributed by atoms with van der Waals surface area (Å²) in [6.07, 6.45) is 3.51. The number of rotatable bonds is 0. The minimum Gasteiger partial charge on any atom is -0.312 e. The van der Waals surface area contributed by atoms with Gasteiger partial charge in [-0.2, -0.15) is 0 Å². The van der Waals surface area contributed by atoms with Gasteiger partial charge in [0.15, 0.2) is 0 Å². The van der Waals surface area contributed by atoms with E-state index in [2.05, 4.69) is 10.3 Å². The highest BCUT2D eigenvalue weighted by molar-refractivity contribution is 5.96. The van der Waals surface area contributed by atoms with Gasteiger partial charge in [0.05, 0.1) is 5.92 Å². The van der Waals surface area contributed by atoms with Gasteiger partial charge >= 0.3 is 0 Å². The SMILES string of the molecule is O=C1N=CC=C2CNCC12. The molecule has 0 spiro atoms. The van der Waals surface area contributed by atoms with Crippen molar-refractivity contribution in [2.45, 2.75) is 0 Å². The maximum absolute atomic E-state index is 11.0. The Bertz CT molecular complexity index is 230. The Kier molecular flexibility index (Phi) is 1.17. The molecule has 3 nitrogen and oxygen atoms in total. The molecule has 0 aromatic carbocycles. The number of allylic oxidation sites excluding steroid dienone is 1. The average molecular weight is 136 g/mol. The van der Waals surface area contributed by atoms with Gasteiger partial charge in [-0.05, 0) is 11.6 Å². The van der Waals surface area contributed by atoms with Gasteiger partial charge in [-0.3, -0.25) is 4.79 Å². The number of hydrogen-bond acceptors (Lipinski definition) is 2. The summed E-state index contributed by atoms with van der Waals surface area (Å²) in [5.41, 5.74) is 1.18. The zero-order chi connectivity index (χ0) is 6.97. The zero-order valence-corrected chi connectivity index (χ0v) is 5.50. The molecule has 10 heavy (non-hydrogen) atoms. The highest BCUT2D eigenvalue weighted by Crippen LogP contribution is 2.18. The van der Waals surface area contributed by atoms with Crippen molar-refractivity contribution >= 4 is 12.1 Å². The van der Waals surface area contributed by atoms with Crippen LogP contribution in [0.4, 0.5) is 0 Å². The summed E-state index contributed by atoms with van der Waals surface area (Å²) in [5.74, 6) is 0.0486. The number of dihydropyridines is 1. The largest absolute Gasteiger partial charge is 0.312 e. The van der Waals surface area contributed by atoms with Gasteiger partial charge in [-0.15, -0.1) is 0 Å². The fourth-order valence-electron chi connectivity index (χ4n) is 1.33. The summed E-state index contributed by atoms with van der Waals surface area (Å²) in [5, 5.41) is 3.13. The van der Waals surface area contributed by atoms with Gasteiger partial charge in [0, 0.05) is 19.3 Å². The predicted molar refractivity (Wildman–Crippen MR) is 37.9 cm³/mol. The molecule has 1 atom stereocenters. The standard InChI is InChI=1S/C7H8N2O/c10-7-6-4-8-3-5(6)1-2-9-7/h1-2,6,8H,3-4H2. The molecule has 1 unspecified atom stereocenters. The number of carbonyl (C=O) groups is 1. The summed E-state index contributed by atoms with van der Waals surface area (Å²) >= 11 is 0. The summed E-state index contributed by atoms with van der Waals surface area (Å²) in [6, 6.07) is 0. The average Bonchev–Trinajstić information content (AvgIpc) is 2.36. The van der Waals surface area contributed by atoms with E-state index in [0.717, 1.165) is 13.1 Å². The fourth-order valence-corrected chi connectivity index (χ4v) is 1.33. The van der Waals surface area contributed by atoms with E-state index in [4.69, 9.17) is 0 Å². The second kappa shape index (κ2) is 2.02. The van der Waals surface area contributed by atoms with E-state index >= 15 is 0 Å². The van der Waals surface area contributed by atoms with Crippen LogP contribution in [-0.4, -0.2) is 25.2 Å². The molecular formula is C7H8N2O. The van der Waals surface area contributed by atoms with E-state index in [9.17, 15) is 4.79 Å². The lowest BCUT2D eigenvalue weighted by atomic mass is 10.0. The maximum atomic E-state index is 11.0. The van der Waals surface area contributed by atoms with Crippen molar-refractivity contribution in [1.82, 2.24) is 5.32 Å². The molecule has 3 heteroatoms. The van der Waals surface area contributed by atoms with Crippen LogP contribution in [0, 0.1) is 5.92 Å². The Hall–Kier alpha value is -0.960. The summed E-state index contributed by atoms with van der Waals surface area (Å²) in [4.78, 5) is 14.7. The van der Waals surface area contributed by atoms with Crippen LogP contribution in [0.3, 0.4) is 0 Å². The number of nitrogens with one attached hydrogen (secondary N) is 1. The Morgan fingerprint density at radius 2 is 2.60 bits per heavy atom. The molecule has 1 fully saturated rings. The molecule has 2 aliphatic heterocycles. The van der Waals surface area contributed by atoms with Gasteiger partial charge in [0.25, 0.3) is 5.91 Å². The third-order valence-electron chi connectivity index (χ3n) is 1.91. The molecule has 0 aromatic rings. The Morgan fingerprint density at radius 1 is 1.70 bits per heavy atom. The van der Waals surface area contributed by atoms with Crippen molar-refractivity contribution in [2.24, 2.45) is 10.9 Å². The molecule has 2 heterocycles. The predicted octanol–water partition coefficient (Wildman–Crippen LogP) is -0.257. The van der Waals surface area contributed by atoms with Crippen LogP contribution >= 0.6 is 0 Å². The van der Waals surface area contributed by atoms with Crippen molar-refractivity contribution < 1.29 is 4.79 Å². The third kappa shape index (κ3) is 0.708. The van der Waals surface area contributed by atoms with E-state index in [1.54, 1.807) is 6.21 Å². The molecular weight excluding hydrogens is 128 g/mol. The van der Waals surface area contributed by atoms with Crippen molar-refractivity contribution in [1.29, 1.82) is 0 Å². The van der Waals surface area contributed by atoms with Gasteiger partial charge in [0.2, 0.25) is 0 Å². The van der Waals surface area contributed by atoms with E-state index in [1.165, 1.54) is 5.57 Å². The van der Waals surface area contributed by atoms with E-state index in [0.29, 0.717) is 0 Å². The van der Waals surface area contributed by atoms with Crippen LogP contribution in [0.2, 0.25) is 0 Å². The number of amides is 1. The Balaban J connectivity index is 2.33. The summed E-state index contributed by atoms with van der Waals surface area (Å²) in [7, 11) is 0. The van der Waals surface area contributed by atoms with Gasteiger partial charge in [-0.1, -0.05) is 0 Å². The van der Waals surface area contributed by atoms with Crippen LogP contribution in [0.5, 0.6) is 0 Å². The highest BCUT2D eigenvalue weighted by Gasteiger charge is 2.28. The minimum absolute atomic E-state index is 0.00231. The zero-order valence-electron chi connectivity index (χ0n) is 5.50. The van der Waals surface area contributed by atoms with Crippen LogP contribution < -0.4 is 5.32 Å². The van der Waals surface area contributed by atoms with Crippen LogP contribution in [0.25, 0.3) is 0 Å². The number of fused-ring (bicyclic) bond motifs is 1. The van der Waals surface area contributed by atoms with Crippen molar-refractivity contribution in [3.63, 3.8) is 0 Å². The van der Waals surface area contributed by atoms with Crippen molar-refractivity contribution in [2.75, 3.05) is 13.1 Å². The Labute approximate surface area is 58.8 Å². The highest BCUT2D eigenvalue weighted by atomic mass is 16.1. The fraction of sp³-hybridized carbons (Fsp3) is 0.429. The maximum Gasteiger partial charge on any atom is 0.254 e. The van der Waals surface area contributed by atoms with Gasteiger partial charge < -0.3 is 5.32 Å². The first kappa shape index (κ1) is 5.80. The number of nitrogens with zero attached hydrogens (tertiary/aromatic N) is 1. The van der Waals surface area contributed by atoms with Gasteiger partial charge in [0.1, 0.15) is 0 Å². The van der Waals surface area contributed by atoms with Crippen molar-refractivity contribution in [3.8, 4) is 0 Å². The first-order valence-electron chi connectivity index (χ1n) is 3.35. The normalized spacial score (nSPS) is 30.2. The molecule has 1 saturated heterocycles. The number of aliphatic imine (C=N–C) groups is 1. The van der Waals surface area contributed by atoms with Crippen LogP contribution in [0.15, 0.2) is 16.6 Å². The molecule has 0 bridgehead atoms. The van der Waals surface area contributed by atoms with E-state index in [1.807, 2.05) is 6.08 Å². The lowest BCUT2D eigenvalue weighted by Gasteiger charge is -2.07. The molecule has 0 saturated carbocycles. The first-order chi connectivity index (χ1) is 4.88. The minimum atomic E-state index is 0.00231.